The first kappa shape index (κ1) is 13.9. The van der Waals surface area contributed by atoms with Crippen LogP contribution < -0.4 is 5.32 Å². The van der Waals surface area contributed by atoms with Gasteiger partial charge < -0.3 is 10.4 Å². The molecule has 0 radical (unpaired) electrons. The molecule has 0 saturated heterocycles. The van der Waals surface area contributed by atoms with Crippen LogP contribution in [0.1, 0.15) is 21.9 Å². The minimum atomic E-state index is -4.69. The summed E-state index contributed by atoms with van der Waals surface area (Å²) in [7, 11) is 0. The molecule has 2 N–H and O–H groups in total. The number of aryl methyl sites for hydroxylation is 1. The van der Waals surface area contributed by atoms with E-state index in [1.165, 1.54) is 6.92 Å². The van der Waals surface area contributed by atoms with E-state index in [1.807, 2.05) is 5.32 Å². The fourth-order valence-corrected chi connectivity index (χ4v) is 1.08. The summed E-state index contributed by atoms with van der Waals surface area (Å²) >= 11 is 0. The molecule has 0 atom stereocenters. The molecule has 1 aromatic rings. The van der Waals surface area contributed by atoms with Gasteiger partial charge in [-0.3, -0.25) is 9.59 Å². The number of aliphatic carboxylic acids is 1. The van der Waals surface area contributed by atoms with Crippen LogP contribution in [-0.2, 0) is 11.0 Å². The second-order valence-corrected chi connectivity index (χ2v) is 3.27. The van der Waals surface area contributed by atoms with Crippen LogP contribution in [-0.4, -0.2) is 33.5 Å². The number of nitrogens with one attached hydrogen (secondary N) is 1. The SMILES string of the molecule is Cc1nc(C(F)(F)F)ncc1C(=O)NCC(=O)O. The zero-order valence-electron chi connectivity index (χ0n) is 9.08. The lowest BCUT2D eigenvalue weighted by atomic mass is 10.2. The second kappa shape index (κ2) is 4.98. The monoisotopic (exact) mass is 263 g/mol. The molecule has 6 nitrogen and oxygen atoms in total. The molecule has 1 heterocycles. The van der Waals surface area contributed by atoms with Crippen LogP contribution in [0, 0.1) is 6.92 Å². The number of nitrogens with zero attached hydrogens (tertiary/aromatic N) is 2. The Morgan fingerprint density at radius 3 is 2.50 bits per heavy atom. The molecule has 1 aromatic heterocycles. The van der Waals surface area contributed by atoms with Gasteiger partial charge in [-0.2, -0.15) is 13.2 Å². The van der Waals surface area contributed by atoms with Crippen molar-refractivity contribution in [3.63, 3.8) is 0 Å². The highest BCUT2D eigenvalue weighted by Gasteiger charge is 2.35. The number of alkyl halides is 3. The first-order valence-corrected chi connectivity index (χ1v) is 4.62. The largest absolute Gasteiger partial charge is 0.480 e. The number of hydrogen-bond acceptors (Lipinski definition) is 4. The highest BCUT2D eigenvalue weighted by molar-refractivity contribution is 5.96. The summed E-state index contributed by atoms with van der Waals surface area (Å²) in [5.74, 6) is -3.47. The first-order chi connectivity index (χ1) is 8.21. The summed E-state index contributed by atoms with van der Waals surface area (Å²) < 4.78 is 36.8. The van der Waals surface area contributed by atoms with Crippen molar-refractivity contribution < 1.29 is 27.9 Å². The Morgan fingerprint density at radius 1 is 1.44 bits per heavy atom. The lowest BCUT2D eigenvalue weighted by Crippen LogP contribution is -2.30. The van der Waals surface area contributed by atoms with Crippen molar-refractivity contribution in [2.75, 3.05) is 6.54 Å². The first-order valence-electron chi connectivity index (χ1n) is 4.62. The third kappa shape index (κ3) is 3.40. The average molecular weight is 263 g/mol. The number of halogens is 3. The predicted octanol–water partition coefficient (Wildman–Crippen LogP) is 0.618. The molecule has 0 aliphatic rings. The highest BCUT2D eigenvalue weighted by Crippen LogP contribution is 2.26. The summed E-state index contributed by atoms with van der Waals surface area (Å²) in [6.07, 6.45) is -3.98. The van der Waals surface area contributed by atoms with Crippen molar-refractivity contribution in [3.8, 4) is 0 Å². The molecular formula is C9H8F3N3O3. The Labute approximate surface area is 98.9 Å². The Balaban J connectivity index is 2.92. The fraction of sp³-hybridized carbons (Fsp3) is 0.333. The van der Waals surface area contributed by atoms with Crippen LogP contribution >= 0.6 is 0 Å². The molecule has 1 rings (SSSR count). The third-order valence-electron chi connectivity index (χ3n) is 1.88. The van der Waals surface area contributed by atoms with Crippen LogP contribution in [0.3, 0.4) is 0 Å². The van der Waals surface area contributed by atoms with Crippen LogP contribution in [0.25, 0.3) is 0 Å². The van der Waals surface area contributed by atoms with E-state index in [2.05, 4.69) is 9.97 Å². The normalized spacial score (nSPS) is 11.1. The molecule has 18 heavy (non-hydrogen) atoms. The summed E-state index contributed by atoms with van der Waals surface area (Å²) in [5.41, 5.74) is -0.385. The number of rotatable bonds is 3. The molecule has 0 unspecified atom stereocenters. The van der Waals surface area contributed by atoms with Gasteiger partial charge in [-0.15, -0.1) is 0 Å². The molecule has 98 valence electrons. The Kier molecular flexibility index (Phi) is 3.84. The number of amides is 1. The van der Waals surface area contributed by atoms with Gasteiger partial charge in [-0.25, -0.2) is 9.97 Å². The second-order valence-electron chi connectivity index (χ2n) is 3.27. The van der Waals surface area contributed by atoms with Crippen LogP contribution in [0.2, 0.25) is 0 Å². The lowest BCUT2D eigenvalue weighted by molar-refractivity contribution is -0.145. The van der Waals surface area contributed by atoms with E-state index in [4.69, 9.17) is 5.11 Å². The number of carboxylic acid groups (broad SMARTS) is 1. The van der Waals surface area contributed by atoms with Gasteiger partial charge in [-0.05, 0) is 6.92 Å². The molecule has 0 spiro atoms. The number of hydrogen-bond donors (Lipinski definition) is 2. The molecule has 0 fully saturated rings. The van der Waals surface area contributed by atoms with E-state index in [0.717, 1.165) is 0 Å². The maximum Gasteiger partial charge on any atom is 0.451 e. The maximum atomic E-state index is 12.3. The van der Waals surface area contributed by atoms with Crippen molar-refractivity contribution in [2.45, 2.75) is 13.1 Å². The molecule has 0 aliphatic carbocycles. The maximum absolute atomic E-state index is 12.3. The van der Waals surface area contributed by atoms with Crippen LogP contribution in [0.5, 0.6) is 0 Å². The Hall–Kier alpha value is -2.19. The average Bonchev–Trinajstić information content (AvgIpc) is 2.24. The standard InChI is InChI=1S/C9H8F3N3O3/c1-4-5(7(18)13-3-6(16)17)2-14-8(15-4)9(10,11)12/h2H,3H2,1H3,(H,13,18)(H,16,17). The number of carbonyl (C=O) groups excluding carboxylic acids is 1. The predicted molar refractivity (Wildman–Crippen MR) is 51.7 cm³/mol. The number of carbonyl (C=O) groups is 2. The lowest BCUT2D eigenvalue weighted by Gasteiger charge is -2.08. The summed E-state index contributed by atoms with van der Waals surface area (Å²) in [6, 6.07) is 0. The smallest absolute Gasteiger partial charge is 0.451 e. The minimum Gasteiger partial charge on any atom is -0.480 e. The Morgan fingerprint density at radius 2 is 2.06 bits per heavy atom. The van der Waals surface area contributed by atoms with Crippen LogP contribution in [0.4, 0.5) is 13.2 Å². The van der Waals surface area contributed by atoms with E-state index in [9.17, 15) is 22.8 Å². The third-order valence-corrected chi connectivity index (χ3v) is 1.88. The zero-order valence-corrected chi connectivity index (χ0v) is 9.08. The minimum absolute atomic E-state index is 0.180. The Bertz CT molecular complexity index is 488. The highest BCUT2D eigenvalue weighted by atomic mass is 19.4. The van der Waals surface area contributed by atoms with Crippen molar-refractivity contribution in [3.05, 3.63) is 23.3 Å². The summed E-state index contributed by atoms with van der Waals surface area (Å²) in [5, 5.41) is 10.3. The van der Waals surface area contributed by atoms with Gasteiger partial charge in [0.25, 0.3) is 5.91 Å². The van der Waals surface area contributed by atoms with Crippen LogP contribution in [0.15, 0.2) is 6.20 Å². The van der Waals surface area contributed by atoms with Gasteiger partial charge in [0.15, 0.2) is 0 Å². The van der Waals surface area contributed by atoms with Crippen molar-refractivity contribution in [1.29, 1.82) is 0 Å². The van der Waals surface area contributed by atoms with E-state index in [-0.39, 0.29) is 11.3 Å². The van der Waals surface area contributed by atoms with Gasteiger partial charge in [-0.1, -0.05) is 0 Å². The molecule has 0 bridgehead atoms. The van der Waals surface area contributed by atoms with E-state index in [0.29, 0.717) is 6.20 Å². The molecule has 0 aliphatic heterocycles. The topological polar surface area (TPSA) is 92.2 Å². The van der Waals surface area contributed by atoms with E-state index >= 15 is 0 Å². The summed E-state index contributed by atoms with van der Waals surface area (Å²) in [6.45, 7) is 0.561. The number of aromatic nitrogens is 2. The molecule has 1 amide bonds. The van der Waals surface area contributed by atoms with Gasteiger partial charge in [0.1, 0.15) is 6.54 Å². The molecule has 0 aromatic carbocycles. The van der Waals surface area contributed by atoms with Gasteiger partial charge in [0, 0.05) is 6.20 Å². The van der Waals surface area contributed by atoms with Crippen molar-refractivity contribution >= 4 is 11.9 Å². The molecule has 9 heteroatoms. The van der Waals surface area contributed by atoms with Crippen molar-refractivity contribution in [1.82, 2.24) is 15.3 Å². The van der Waals surface area contributed by atoms with Gasteiger partial charge in [0.05, 0.1) is 11.3 Å². The van der Waals surface area contributed by atoms with Crippen molar-refractivity contribution in [2.24, 2.45) is 0 Å². The fourth-order valence-electron chi connectivity index (χ4n) is 1.08. The molecule has 0 saturated carbocycles. The van der Waals surface area contributed by atoms with Gasteiger partial charge in [0.2, 0.25) is 5.82 Å². The van der Waals surface area contributed by atoms with E-state index < -0.39 is 30.4 Å². The van der Waals surface area contributed by atoms with Gasteiger partial charge >= 0.3 is 12.1 Å². The number of carboxylic acids is 1. The summed E-state index contributed by atoms with van der Waals surface area (Å²) in [4.78, 5) is 27.8. The van der Waals surface area contributed by atoms with E-state index in [1.54, 1.807) is 0 Å². The zero-order chi connectivity index (χ0) is 13.9. The quantitative estimate of drug-likeness (QED) is 0.833. The molecular weight excluding hydrogens is 255 g/mol.